The molecule has 0 saturated carbocycles. The van der Waals surface area contributed by atoms with E-state index in [9.17, 15) is 4.79 Å². The number of carbonyl (C=O) groups is 1. The van der Waals surface area contributed by atoms with E-state index >= 15 is 0 Å². The molecule has 0 saturated heterocycles. The Morgan fingerprint density at radius 1 is 1.37 bits per heavy atom. The lowest BCUT2D eigenvalue weighted by molar-refractivity contribution is -0.117. The van der Waals surface area contributed by atoms with Crippen LogP contribution >= 0.6 is 11.6 Å². The van der Waals surface area contributed by atoms with Gasteiger partial charge in [0, 0.05) is 16.8 Å². The van der Waals surface area contributed by atoms with Crippen molar-refractivity contribution in [3.8, 4) is 5.75 Å². The van der Waals surface area contributed by atoms with Crippen LogP contribution in [0.2, 0.25) is 5.02 Å². The fourth-order valence-corrected chi connectivity index (χ4v) is 2.23. The zero-order chi connectivity index (χ0) is 13.2. The molecule has 1 N–H and O–H groups in total. The SMILES string of the molecule is O=C(Nc1cc(Cl)ccn1)C1COc2ccccc21. The normalized spacial score (nSPS) is 16.6. The number of anilines is 1. The molecule has 0 bridgehead atoms. The highest BCUT2D eigenvalue weighted by Gasteiger charge is 2.30. The van der Waals surface area contributed by atoms with Gasteiger partial charge in [-0.1, -0.05) is 29.8 Å². The van der Waals surface area contributed by atoms with E-state index in [4.69, 9.17) is 16.3 Å². The summed E-state index contributed by atoms with van der Waals surface area (Å²) in [6.45, 7) is 0.353. The van der Waals surface area contributed by atoms with E-state index in [1.807, 2.05) is 24.3 Å². The first-order valence-electron chi connectivity index (χ1n) is 5.88. The number of fused-ring (bicyclic) bond motifs is 1. The van der Waals surface area contributed by atoms with Crippen molar-refractivity contribution in [2.75, 3.05) is 11.9 Å². The quantitative estimate of drug-likeness (QED) is 0.916. The second-order valence-electron chi connectivity index (χ2n) is 4.25. The second kappa shape index (κ2) is 4.90. The van der Waals surface area contributed by atoms with Gasteiger partial charge in [0.2, 0.25) is 5.91 Å². The van der Waals surface area contributed by atoms with E-state index in [2.05, 4.69) is 10.3 Å². The predicted molar refractivity (Wildman–Crippen MR) is 72.6 cm³/mol. The third-order valence-corrected chi connectivity index (χ3v) is 3.22. The maximum Gasteiger partial charge on any atom is 0.236 e. The van der Waals surface area contributed by atoms with E-state index in [-0.39, 0.29) is 11.8 Å². The van der Waals surface area contributed by atoms with E-state index in [1.54, 1.807) is 18.3 Å². The number of benzene rings is 1. The molecule has 1 amide bonds. The van der Waals surface area contributed by atoms with Gasteiger partial charge in [0.25, 0.3) is 0 Å². The fraction of sp³-hybridized carbons (Fsp3) is 0.143. The number of hydrogen-bond acceptors (Lipinski definition) is 3. The molecule has 0 fully saturated rings. The molecule has 1 aliphatic rings. The fourth-order valence-electron chi connectivity index (χ4n) is 2.07. The number of carbonyl (C=O) groups excluding carboxylic acids is 1. The molecule has 4 nitrogen and oxygen atoms in total. The molecule has 96 valence electrons. The molecule has 3 rings (SSSR count). The van der Waals surface area contributed by atoms with Crippen LogP contribution in [0.3, 0.4) is 0 Å². The molecule has 2 heterocycles. The van der Waals surface area contributed by atoms with Gasteiger partial charge in [0.1, 0.15) is 24.1 Å². The molecule has 1 aromatic carbocycles. The molecule has 0 radical (unpaired) electrons. The maximum absolute atomic E-state index is 12.2. The van der Waals surface area contributed by atoms with Gasteiger partial charge in [-0.2, -0.15) is 0 Å². The molecular weight excluding hydrogens is 264 g/mol. The minimum atomic E-state index is -0.308. The Hall–Kier alpha value is -2.07. The Bertz CT molecular complexity index is 630. The van der Waals surface area contributed by atoms with Crippen LogP contribution in [0.4, 0.5) is 5.82 Å². The molecule has 0 spiro atoms. The highest BCUT2D eigenvalue weighted by Crippen LogP contribution is 2.34. The number of nitrogens with one attached hydrogen (secondary N) is 1. The summed E-state index contributed by atoms with van der Waals surface area (Å²) >= 11 is 5.85. The number of nitrogens with zero attached hydrogens (tertiary/aromatic N) is 1. The summed E-state index contributed by atoms with van der Waals surface area (Å²) in [6.07, 6.45) is 1.55. The number of pyridine rings is 1. The number of para-hydroxylation sites is 1. The molecule has 0 aliphatic carbocycles. The molecule has 1 aliphatic heterocycles. The van der Waals surface area contributed by atoms with Crippen LogP contribution in [0, 0.1) is 0 Å². The Balaban J connectivity index is 1.79. The molecule has 19 heavy (non-hydrogen) atoms. The number of rotatable bonds is 2. The van der Waals surface area contributed by atoms with Gasteiger partial charge in [0.05, 0.1) is 0 Å². The summed E-state index contributed by atoms with van der Waals surface area (Å²) in [5.74, 6) is 0.764. The number of halogens is 1. The minimum Gasteiger partial charge on any atom is -0.492 e. The van der Waals surface area contributed by atoms with Gasteiger partial charge in [-0.3, -0.25) is 4.79 Å². The van der Waals surface area contributed by atoms with Gasteiger partial charge in [-0.15, -0.1) is 0 Å². The molecule has 2 aromatic rings. The molecule has 1 atom stereocenters. The molecular formula is C14H11ClN2O2. The standard InChI is InChI=1S/C14H11ClN2O2/c15-9-5-6-16-13(7-9)17-14(18)11-8-19-12-4-2-1-3-10(11)12/h1-7,11H,8H2,(H,16,17,18). The van der Waals surface area contributed by atoms with Crippen LogP contribution in [0.1, 0.15) is 11.5 Å². The molecule has 1 unspecified atom stereocenters. The summed E-state index contributed by atoms with van der Waals surface area (Å²) in [4.78, 5) is 16.3. The Morgan fingerprint density at radius 3 is 3.05 bits per heavy atom. The Kier molecular flexibility index (Phi) is 3.09. The third kappa shape index (κ3) is 2.39. The summed E-state index contributed by atoms with van der Waals surface area (Å²) < 4.78 is 5.49. The van der Waals surface area contributed by atoms with E-state index in [0.29, 0.717) is 17.4 Å². The lowest BCUT2D eigenvalue weighted by atomic mass is 10.0. The van der Waals surface area contributed by atoms with Gasteiger partial charge < -0.3 is 10.1 Å². The van der Waals surface area contributed by atoms with E-state index in [1.165, 1.54) is 0 Å². The smallest absolute Gasteiger partial charge is 0.236 e. The molecule has 1 aromatic heterocycles. The predicted octanol–water partition coefficient (Wildman–Crippen LogP) is 2.85. The van der Waals surface area contributed by atoms with Crippen LogP contribution < -0.4 is 10.1 Å². The average molecular weight is 275 g/mol. The van der Waals surface area contributed by atoms with Crippen LogP contribution in [0.15, 0.2) is 42.6 Å². The van der Waals surface area contributed by atoms with Crippen molar-refractivity contribution in [3.63, 3.8) is 0 Å². The number of amides is 1. The van der Waals surface area contributed by atoms with Crippen LogP contribution in [0.25, 0.3) is 0 Å². The van der Waals surface area contributed by atoms with Crippen molar-refractivity contribution in [1.29, 1.82) is 0 Å². The largest absolute Gasteiger partial charge is 0.492 e. The Labute approximate surface area is 115 Å². The highest BCUT2D eigenvalue weighted by atomic mass is 35.5. The number of ether oxygens (including phenoxy) is 1. The minimum absolute atomic E-state index is 0.139. The zero-order valence-electron chi connectivity index (χ0n) is 9.97. The number of aromatic nitrogens is 1. The highest BCUT2D eigenvalue weighted by molar-refractivity contribution is 6.30. The van der Waals surface area contributed by atoms with Gasteiger partial charge in [-0.05, 0) is 18.2 Å². The van der Waals surface area contributed by atoms with Gasteiger partial charge in [0.15, 0.2) is 0 Å². The first kappa shape index (κ1) is 12.0. The van der Waals surface area contributed by atoms with Crippen LogP contribution in [0.5, 0.6) is 5.75 Å². The first-order chi connectivity index (χ1) is 9.24. The first-order valence-corrected chi connectivity index (χ1v) is 6.26. The van der Waals surface area contributed by atoms with Crippen molar-refractivity contribution >= 4 is 23.3 Å². The maximum atomic E-state index is 12.2. The van der Waals surface area contributed by atoms with Crippen molar-refractivity contribution in [2.24, 2.45) is 0 Å². The summed E-state index contributed by atoms with van der Waals surface area (Å²) in [5.41, 5.74) is 0.905. The van der Waals surface area contributed by atoms with Crippen LogP contribution in [-0.2, 0) is 4.79 Å². The lowest BCUT2D eigenvalue weighted by Gasteiger charge is -2.09. The van der Waals surface area contributed by atoms with Crippen molar-refractivity contribution in [2.45, 2.75) is 5.92 Å². The summed E-state index contributed by atoms with van der Waals surface area (Å²) in [5, 5.41) is 3.29. The van der Waals surface area contributed by atoms with E-state index in [0.717, 1.165) is 11.3 Å². The van der Waals surface area contributed by atoms with E-state index < -0.39 is 0 Å². The summed E-state index contributed by atoms with van der Waals surface area (Å²) in [6, 6.07) is 10.8. The number of hydrogen-bond donors (Lipinski definition) is 1. The topological polar surface area (TPSA) is 51.2 Å². The average Bonchev–Trinajstić information content (AvgIpc) is 2.82. The second-order valence-corrected chi connectivity index (χ2v) is 4.69. The zero-order valence-corrected chi connectivity index (χ0v) is 10.7. The lowest BCUT2D eigenvalue weighted by Crippen LogP contribution is -2.22. The molecule has 5 heteroatoms. The summed E-state index contributed by atoms with van der Waals surface area (Å²) in [7, 11) is 0. The van der Waals surface area contributed by atoms with Crippen molar-refractivity contribution < 1.29 is 9.53 Å². The third-order valence-electron chi connectivity index (χ3n) is 2.99. The van der Waals surface area contributed by atoms with Gasteiger partial charge in [-0.25, -0.2) is 4.98 Å². The van der Waals surface area contributed by atoms with Crippen LogP contribution in [-0.4, -0.2) is 17.5 Å². The van der Waals surface area contributed by atoms with Crippen molar-refractivity contribution in [3.05, 3.63) is 53.2 Å². The monoisotopic (exact) mass is 274 g/mol. The Morgan fingerprint density at radius 2 is 2.21 bits per heavy atom. The van der Waals surface area contributed by atoms with Crippen molar-refractivity contribution in [1.82, 2.24) is 4.98 Å². The van der Waals surface area contributed by atoms with Gasteiger partial charge >= 0.3 is 0 Å².